The zero-order valence-electron chi connectivity index (χ0n) is 16.6. The highest BCUT2D eigenvalue weighted by molar-refractivity contribution is 5.74. The summed E-state index contributed by atoms with van der Waals surface area (Å²) in [5.41, 5.74) is 3.05. The molecule has 3 heterocycles. The molecule has 2 aliphatic rings. The van der Waals surface area contributed by atoms with Gasteiger partial charge in [0.05, 0.1) is 11.9 Å². The van der Waals surface area contributed by atoms with Gasteiger partial charge in [0.25, 0.3) is 0 Å². The molecular weight excluding hydrogens is 352 g/mol. The van der Waals surface area contributed by atoms with Crippen molar-refractivity contribution in [2.75, 3.05) is 46.3 Å². The number of H-pyrrole nitrogens is 1. The molecule has 1 aromatic carbocycles. The Morgan fingerprint density at radius 1 is 1.11 bits per heavy atom. The Balaban J connectivity index is 1.26. The van der Waals surface area contributed by atoms with Crippen LogP contribution in [0.2, 0.25) is 0 Å². The van der Waals surface area contributed by atoms with Crippen molar-refractivity contribution in [3.8, 4) is 11.3 Å². The number of aromatic nitrogens is 2. The predicted octanol–water partition coefficient (Wildman–Crippen LogP) is 2.00. The van der Waals surface area contributed by atoms with E-state index in [9.17, 15) is 4.79 Å². The van der Waals surface area contributed by atoms with E-state index >= 15 is 0 Å². The van der Waals surface area contributed by atoms with E-state index in [-0.39, 0.29) is 6.03 Å². The van der Waals surface area contributed by atoms with Gasteiger partial charge in [-0.05, 0) is 38.5 Å². The summed E-state index contributed by atoms with van der Waals surface area (Å²) in [6.07, 6.45) is 4.28. The van der Waals surface area contributed by atoms with Gasteiger partial charge < -0.3 is 15.1 Å². The molecule has 1 aromatic heterocycles. The second-order valence-corrected chi connectivity index (χ2v) is 7.85. The third-order valence-corrected chi connectivity index (χ3v) is 6.02. The topological polar surface area (TPSA) is 67.5 Å². The lowest BCUT2D eigenvalue weighted by Gasteiger charge is -2.42. The largest absolute Gasteiger partial charge is 0.334 e. The minimum absolute atomic E-state index is 0.0169. The number of urea groups is 1. The van der Waals surface area contributed by atoms with Crippen LogP contribution in [0.1, 0.15) is 18.4 Å². The van der Waals surface area contributed by atoms with E-state index in [4.69, 9.17) is 0 Å². The fourth-order valence-corrected chi connectivity index (χ4v) is 4.23. The first-order valence-electron chi connectivity index (χ1n) is 10.2. The molecule has 0 radical (unpaired) electrons. The third-order valence-electron chi connectivity index (χ3n) is 6.02. The minimum Gasteiger partial charge on any atom is -0.334 e. The van der Waals surface area contributed by atoms with Gasteiger partial charge in [0, 0.05) is 44.3 Å². The Morgan fingerprint density at radius 2 is 1.82 bits per heavy atom. The van der Waals surface area contributed by atoms with E-state index in [0.29, 0.717) is 12.6 Å². The van der Waals surface area contributed by atoms with Gasteiger partial charge in [-0.15, -0.1) is 0 Å². The average molecular weight is 383 g/mol. The summed E-state index contributed by atoms with van der Waals surface area (Å²) in [7, 11) is 2.20. The van der Waals surface area contributed by atoms with Crippen LogP contribution < -0.4 is 5.32 Å². The molecule has 0 bridgehead atoms. The Labute approximate surface area is 166 Å². The Kier molecular flexibility index (Phi) is 5.92. The lowest BCUT2D eigenvalue weighted by Crippen LogP contribution is -2.55. The summed E-state index contributed by atoms with van der Waals surface area (Å²) in [5.74, 6) is 0. The van der Waals surface area contributed by atoms with Crippen molar-refractivity contribution in [1.29, 1.82) is 0 Å². The standard InChI is InChI=1S/C21H30N6O/c1-25-9-7-19(8-10-25)26-11-13-27(14-12-26)21(28)22-15-18-16-23-24-20(18)17-5-3-2-4-6-17/h2-6,16,19H,7-15H2,1H3,(H,22,28)(H,23,24). The number of rotatable bonds is 4. The van der Waals surface area contributed by atoms with Crippen molar-refractivity contribution in [1.82, 2.24) is 30.2 Å². The second-order valence-electron chi connectivity index (χ2n) is 7.85. The number of aromatic amines is 1. The first-order chi connectivity index (χ1) is 13.7. The molecule has 0 saturated carbocycles. The van der Waals surface area contributed by atoms with Crippen LogP contribution in [0.15, 0.2) is 36.5 Å². The summed E-state index contributed by atoms with van der Waals surface area (Å²) in [5, 5.41) is 10.3. The van der Waals surface area contributed by atoms with Crippen molar-refractivity contribution in [2.45, 2.75) is 25.4 Å². The number of nitrogens with one attached hydrogen (secondary N) is 2. The number of hydrogen-bond acceptors (Lipinski definition) is 4. The summed E-state index contributed by atoms with van der Waals surface area (Å²) in [6.45, 7) is 6.39. The van der Waals surface area contributed by atoms with Crippen LogP contribution in [0, 0.1) is 0 Å². The smallest absolute Gasteiger partial charge is 0.317 e. The Hall–Kier alpha value is -2.38. The molecule has 0 spiro atoms. The maximum absolute atomic E-state index is 12.6. The summed E-state index contributed by atoms with van der Waals surface area (Å²) in [6, 6.07) is 10.8. The van der Waals surface area contributed by atoms with Crippen LogP contribution in [-0.2, 0) is 6.54 Å². The quantitative estimate of drug-likeness (QED) is 0.849. The molecule has 28 heavy (non-hydrogen) atoms. The minimum atomic E-state index is 0.0169. The Bertz CT molecular complexity index is 760. The molecule has 2 aliphatic heterocycles. The van der Waals surface area contributed by atoms with Gasteiger partial charge in [-0.2, -0.15) is 5.10 Å². The van der Waals surface area contributed by atoms with Crippen LogP contribution in [0.5, 0.6) is 0 Å². The molecule has 7 heteroatoms. The number of likely N-dealkylation sites (tertiary alicyclic amines) is 1. The van der Waals surface area contributed by atoms with Crippen molar-refractivity contribution in [3.05, 3.63) is 42.1 Å². The number of benzene rings is 1. The molecule has 2 amide bonds. The summed E-state index contributed by atoms with van der Waals surface area (Å²) >= 11 is 0. The van der Waals surface area contributed by atoms with Crippen molar-refractivity contribution < 1.29 is 4.79 Å². The first kappa shape index (κ1) is 19.0. The van der Waals surface area contributed by atoms with Crippen LogP contribution in [0.25, 0.3) is 11.3 Å². The van der Waals surface area contributed by atoms with Gasteiger partial charge in [-0.25, -0.2) is 4.79 Å². The number of amides is 2. The van der Waals surface area contributed by atoms with Gasteiger partial charge in [0.15, 0.2) is 0 Å². The molecule has 2 saturated heterocycles. The Morgan fingerprint density at radius 3 is 2.54 bits per heavy atom. The van der Waals surface area contributed by atoms with Crippen LogP contribution >= 0.6 is 0 Å². The van der Waals surface area contributed by atoms with Crippen molar-refractivity contribution >= 4 is 6.03 Å². The predicted molar refractivity (Wildman–Crippen MR) is 110 cm³/mol. The molecule has 4 rings (SSSR count). The highest BCUT2D eigenvalue weighted by atomic mass is 16.2. The zero-order valence-corrected chi connectivity index (χ0v) is 16.6. The number of piperidine rings is 1. The van der Waals surface area contributed by atoms with Gasteiger partial charge in [-0.3, -0.25) is 10.00 Å². The van der Waals surface area contributed by atoms with E-state index < -0.39 is 0 Å². The highest BCUT2D eigenvalue weighted by Crippen LogP contribution is 2.21. The first-order valence-corrected chi connectivity index (χ1v) is 10.2. The molecule has 2 N–H and O–H groups in total. The van der Waals surface area contributed by atoms with E-state index in [2.05, 4.69) is 32.4 Å². The fourth-order valence-electron chi connectivity index (χ4n) is 4.23. The van der Waals surface area contributed by atoms with E-state index in [0.717, 1.165) is 43.0 Å². The van der Waals surface area contributed by atoms with Gasteiger partial charge in [0.2, 0.25) is 0 Å². The molecule has 0 atom stereocenters. The maximum atomic E-state index is 12.6. The van der Waals surface area contributed by atoms with Gasteiger partial charge >= 0.3 is 6.03 Å². The molecule has 2 fully saturated rings. The fraction of sp³-hybridized carbons (Fsp3) is 0.524. The molecule has 7 nitrogen and oxygen atoms in total. The molecule has 2 aromatic rings. The molecule has 150 valence electrons. The molecular formula is C21H30N6O. The van der Waals surface area contributed by atoms with Crippen LogP contribution in [-0.4, -0.2) is 83.3 Å². The lowest BCUT2D eigenvalue weighted by molar-refractivity contribution is 0.0749. The molecule has 0 aliphatic carbocycles. The van der Waals surface area contributed by atoms with Gasteiger partial charge in [-0.1, -0.05) is 30.3 Å². The summed E-state index contributed by atoms with van der Waals surface area (Å²) < 4.78 is 0. The lowest BCUT2D eigenvalue weighted by atomic mass is 10.0. The normalized spacial score (nSPS) is 19.7. The number of nitrogens with zero attached hydrogens (tertiary/aromatic N) is 4. The van der Waals surface area contributed by atoms with Crippen LogP contribution in [0.4, 0.5) is 4.79 Å². The van der Waals surface area contributed by atoms with E-state index in [1.807, 2.05) is 35.2 Å². The number of carbonyl (C=O) groups is 1. The number of hydrogen-bond donors (Lipinski definition) is 2. The van der Waals surface area contributed by atoms with E-state index in [1.165, 1.54) is 25.9 Å². The van der Waals surface area contributed by atoms with Crippen LogP contribution in [0.3, 0.4) is 0 Å². The van der Waals surface area contributed by atoms with Crippen molar-refractivity contribution in [3.63, 3.8) is 0 Å². The second kappa shape index (κ2) is 8.75. The van der Waals surface area contributed by atoms with E-state index in [1.54, 1.807) is 6.20 Å². The SMILES string of the molecule is CN1CCC(N2CCN(C(=O)NCc3cn[nH]c3-c3ccccc3)CC2)CC1. The summed E-state index contributed by atoms with van der Waals surface area (Å²) in [4.78, 5) is 19.5. The monoisotopic (exact) mass is 382 g/mol. The van der Waals surface area contributed by atoms with Gasteiger partial charge in [0.1, 0.15) is 0 Å². The molecule has 0 unspecified atom stereocenters. The third kappa shape index (κ3) is 4.36. The zero-order chi connectivity index (χ0) is 19.3. The maximum Gasteiger partial charge on any atom is 0.317 e. The van der Waals surface area contributed by atoms with Crippen molar-refractivity contribution in [2.24, 2.45) is 0 Å². The number of piperazine rings is 1. The average Bonchev–Trinajstić information content (AvgIpc) is 3.22. The highest BCUT2D eigenvalue weighted by Gasteiger charge is 2.28. The number of carbonyl (C=O) groups excluding carboxylic acids is 1.